The number of thiophene rings is 1. The van der Waals surface area contributed by atoms with Crippen LogP contribution in [0.1, 0.15) is 5.82 Å². The Morgan fingerprint density at radius 1 is 1.60 bits per heavy atom. The molecule has 5 nitrogen and oxygen atoms in total. The lowest BCUT2D eigenvalue weighted by Crippen LogP contribution is -2.06. The van der Waals surface area contributed by atoms with Gasteiger partial charge in [-0.15, -0.1) is 11.3 Å². The van der Waals surface area contributed by atoms with E-state index in [0.29, 0.717) is 18.3 Å². The van der Waals surface area contributed by atoms with Crippen LogP contribution in [0.3, 0.4) is 0 Å². The SMILES string of the molecule is CNCc1noc(-c2sccc2OC)n1. The molecular weight excluding hydrogens is 214 g/mol. The van der Waals surface area contributed by atoms with Crippen molar-refractivity contribution in [2.75, 3.05) is 14.2 Å². The maximum Gasteiger partial charge on any atom is 0.271 e. The number of rotatable bonds is 4. The molecule has 2 aromatic rings. The summed E-state index contributed by atoms with van der Waals surface area (Å²) in [5, 5.41) is 8.72. The van der Waals surface area contributed by atoms with Crippen LogP contribution in [-0.4, -0.2) is 24.3 Å². The van der Waals surface area contributed by atoms with E-state index in [2.05, 4.69) is 15.5 Å². The van der Waals surface area contributed by atoms with E-state index in [4.69, 9.17) is 9.26 Å². The normalized spacial score (nSPS) is 10.5. The Hall–Kier alpha value is -1.40. The predicted octanol–water partition coefficient (Wildman–Crippen LogP) is 1.53. The Labute approximate surface area is 91.1 Å². The highest BCUT2D eigenvalue weighted by Gasteiger charge is 2.14. The van der Waals surface area contributed by atoms with Gasteiger partial charge in [-0.05, 0) is 18.5 Å². The van der Waals surface area contributed by atoms with Crippen LogP contribution in [0.25, 0.3) is 10.8 Å². The number of nitrogens with zero attached hydrogens (tertiary/aromatic N) is 2. The topological polar surface area (TPSA) is 60.2 Å². The summed E-state index contributed by atoms with van der Waals surface area (Å²) in [4.78, 5) is 5.11. The van der Waals surface area contributed by atoms with Crippen molar-refractivity contribution in [3.05, 3.63) is 17.3 Å². The molecular formula is C9H11N3O2S. The molecule has 0 amide bonds. The van der Waals surface area contributed by atoms with Crippen molar-refractivity contribution < 1.29 is 9.26 Å². The molecule has 0 unspecified atom stereocenters. The minimum absolute atomic E-state index is 0.507. The summed E-state index contributed by atoms with van der Waals surface area (Å²) in [5.74, 6) is 1.91. The van der Waals surface area contributed by atoms with E-state index >= 15 is 0 Å². The third-order valence-electron chi connectivity index (χ3n) is 1.85. The smallest absolute Gasteiger partial charge is 0.271 e. The van der Waals surface area contributed by atoms with Gasteiger partial charge in [-0.25, -0.2) is 0 Å². The molecule has 0 fully saturated rings. The molecule has 80 valence electrons. The van der Waals surface area contributed by atoms with Gasteiger partial charge < -0.3 is 14.6 Å². The Balaban J connectivity index is 2.28. The molecule has 0 aliphatic heterocycles. The number of hydrogen-bond donors (Lipinski definition) is 1. The van der Waals surface area contributed by atoms with E-state index in [1.54, 1.807) is 7.11 Å². The van der Waals surface area contributed by atoms with Gasteiger partial charge in [-0.3, -0.25) is 0 Å². The van der Waals surface area contributed by atoms with E-state index in [-0.39, 0.29) is 0 Å². The summed E-state index contributed by atoms with van der Waals surface area (Å²) in [6.45, 7) is 0.594. The zero-order valence-corrected chi connectivity index (χ0v) is 9.30. The number of hydrogen-bond acceptors (Lipinski definition) is 6. The zero-order valence-electron chi connectivity index (χ0n) is 8.48. The van der Waals surface area contributed by atoms with Crippen LogP contribution < -0.4 is 10.1 Å². The lowest BCUT2D eigenvalue weighted by Gasteiger charge is -1.95. The number of aromatic nitrogens is 2. The molecule has 1 N–H and O–H groups in total. The molecule has 0 spiro atoms. The highest BCUT2D eigenvalue weighted by atomic mass is 32.1. The van der Waals surface area contributed by atoms with E-state index in [1.807, 2.05) is 18.5 Å². The Kier molecular flexibility index (Phi) is 2.98. The Morgan fingerprint density at radius 3 is 3.20 bits per heavy atom. The molecule has 2 heterocycles. The van der Waals surface area contributed by atoms with Crippen LogP contribution in [0.15, 0.2) is 16.0 Å². The highest BCUT2D eigenvalue weighted by molar-refractivity contribution is 7.13. The molecule has 0 aromatic carbocycles. The number of nitrogens with one attached hydrogen (secondary N) is 1. The zero-order chi connectivity index (χ0) is 10.7. The summed E-state index contributed by atoms with van der Waals surface area (Å²) >= 11 is 1.52. The van der Waals surface area contributed by atoms with Gasteiger partial charge in [0.05, 0.1) is 13.7 Å². The van der Waals surface area contributed by atoms with Crippen molar-refractivity contribution in [1.82, 2.24) is 15.5 Å². The molecule has 0 saturated carbocycles. The molecule has 0 aliphatic carbocycles. The van der Waals surface area contributed by atoms with Gasteiger partial charge in [-0.1, -0.05) is 5.16 Å². The van der Waals surface area contributed by atoms with E-state index in [9.17, 15) is 0 Å². The predicted molar refractivity (Wildman–Crippen MR) is 56.9 cm³/mol. The minimum Gasteiger partial charge on any atom is -0.495 e. The minimum atomic E-state index is 0.507. The van der Waals surface area contributed by atoms with Crippen molar-refractivity contribution in [3.63, 3.8) is 0 Å². The maximum absolute atomic E-state index is 5.18. The average Bonchev–Trinajstić information content (AvgIpc) is 2.84. The summed E-state index contributed by atoms with van der Waals surface area (Å²) < 4.78 is 10.3. The molecule has 0 radical (unpaired) electrons. The first kappa shape index (κ1) is 10.1. The highest BCUT2D eigenvalue weighted by Crippen LogP contribution is 2.33. The maximum atomic E-state index is 5.18. The Bertz CT molecular complexity index is 438. The molecule has 15 heavy (non-hydrogen) atoms. The van der Waals surface area contributed by atoms with Crippen molar-refractivity contribution in [3.8, 4) is 16.5 Å². The van der Waals surface area contributed by atoms with E-state index in [0.717, 1.165) is 10.6 Å². The van der Waals surface area contributed by atoms with Crippen molar-refractivity contribution >= 4 is 11.3 Å². The van der Waals surface area contributed by atoms with Gasteiger partial charge in [-0.2, -0.15) is 4.98 Å². The first-order valence-electron chi connectivity index (χ1n) is 4.44. The van der Waals surface area contributed by atoms with Crippen LogP contribution in [0.2, 0.25) is 0 Å². The third-order valence-corrected chi connectivity index (χ3v) is 2.73. The summed E-state index contributed by atoms with van der Waals surface area (Å²) in [6, 6.07) is 1.88. The van der Waals surface area contributed by atoms with Crippen LogP contribution >= 0.6 is 11.3 Å². The molecule has 6 heteroatoms. The van der Waals surface area contributed by atoms with E-state index < -0.39 is 0 Å². The summed E-state index contributed by atoms with van der Waals surface area (Å²) in [7, 11) is 3.46. The number of ether oxygens (including phenoxy) is 1. The number of methoxy groups -OCH3 is 1. The lowest BCUT2D eigenvalue weighted by atomic mass is 10.4. The second-order valence-corrected chi connectivity index (χ2v) is 3.78. The fourth-order valence-electron chi connectivity index (χ4n) is 1.19. The molecule has 2 rings (SSSR count). The standard InChI is InChI=1S/C9H11N3O2S/c1-10-5-7-11-9(14-12-7)8-6(13-2)3-4-15-8/h3-4,10H,5H2,1-2H3. The molecule has 0 saturated heterocycles. The lowest BCUT2D eigenvalue weighted by molar-refractivity contribution is 0.404. The summed E-state index contributed by atoms with van der Waals surface area (Å²) in [6.07, 6.45) is 0. The fraction of sp³-hybridized carbons (Fsp3) is 0.333. The molecule has 0 atom stereocenters. The van der Waals surface area contributed by atoms with E-state index in [1.165, 1.54) is 11.3 Å². The fourth-order valence-corrected chi connectivity index (χ4v) is 1.97. The first-order valence-corrected chi connectivity index (χ1v) is 5.32. The van der Waals surface area contributed by atoms with Gasteiger partial charge in [0.15, 0.2) is 5.82 Å². The van der Waals surface area contributed by atoms with Crippen LogP contribution in [-0.2, 0) is 6.54 Å². The van der Waals surface area contributed by atoms with Gasteiger partial charge in [0.25, 0.3) is 5.89 Å². The van der Waals surface area contributed by atoms with Crippen molar-refractivity contribution in [2.45, 2.75) is 6.54 Å². The quantitative estimate of drug-likeness (QED) is 0.855. The second kappa shape index (κ2) is 4.41. The van der Waals surface area contributed by atoms with Gasteiger partial charge in [0.2, 0.25) is 0 Å². The summed E-state index contributed by atoms with van der Waals surface area (Å²) in [5.41, 5.74) is 0. The van der Waals surface area contributed by atoms with Crippen molar-refractivity contribution in [1.29, 1.82) is 0 Å². The van der Waals surface area contributed by atoms with Gasteiger partial charge in [0.1, 0.15) is 10.6 Å². The van der Waals surface area contributed by atoms with Crippen LogP contribution in [0.5, 0.6) is 5.75 Å². The first-order chi connectivity index (χ1) is 7.35. The molecule has 2 aromatic heterocycles. The molecule has 0 bridgehead atoms. The Morgan fingerprint density at radius 2 is 2.47 bits per heavy atom. The van der Waals surface area contributed by atoms with Gasteiger partial charge in [0, 0.05) is 0 Å². The van der Waals surface area contributed by atoms with Crippen LogP contribution in [0, 0.1) is 0 Å². The third kappa shape index (κ3) is 2.00. The van der Waals surface area contributed by atoms with Crippen LogP contribution in [0.4, 0.5) is 0 Å². The van der Waals surface area contributed by atoms with Crippen molar-refractivity contribution in [2.24, 2.45) is 0 Å². The second-order valence-electron chi connectivity index (χ2n) is 2.86. The molecule has 0 aliphatic rings. The largest absolute Gasteiger partial charge is 0.495 e. The van der Waals surface area contributed by atoms with Gasteiger partial charge >= 0.3 is 0 Å². The average molecular weight is 225 g/mol. The monoisotopic (exact) mass is 225 g/mol.